The number of aromatic nitrogens is 2. The Morgan fingerprint density at radius 1 is 1.40 bits per heavy atom. The van der Waals surface area contributed by atoms with Crippen molar-refractivity contribution in [3.8, 4) is 0 Å². The van der Waals surface area contributed by atoms with Crippen LogP contribution in [0.2, 0.25) is 5.02 Å². The maximum atomic E-state index is 12.0. The first-order chi connectivity index (χ1) is 9.28. The van der Waals surface area contributed by atoms with Crippen LogP contribution in [0.3, 0.4) is 0 Å². The van der Waals surface area contributed by atoms with Gasteiger partial charge in [-0.05, 0) is 20.8 Å². The third kappa shape index (κ3) is 2.10. The van der Waals surface area contributed by atoms with Gasteiger partial charge in [0.25, 0.3) is 0 Å². The van der Waals surface area contributed by atoms with Crippen LogP contribution in [0, 0.1) is 0 Å². The lowest BCUT2D eigenvalue weighted by Gasteiger charge is -2.24. The van der Waals surface area contributed by atoms with Crippen molar-refractivity contribution < 1.29 is 14.2 Å². The van der Waals surface area contributed by atoms with Gasteiger partial charge in [0.05, 0.1) is 11.1 Å². The van der Waals surface area contributed by atoms with E-state index in [1.165, 1.54) is 10.8 Å². The Labute approximate surface area is 120 Å². The zero-order valence-electron chi connectivity index (χ0n) is 11.4. The molecule has 1 aromatic heterocycles. The second-order valence-corrected chi connectivity index (χ2v) is 5.87. The number of halogens is 1. The first kappa shape index (κ1) is 13.8. The summed E-state index contributed by atoms with van der Waals surface area (Å²) in [6.07, 6.45) is -0.0389. The van der Waals surface area contributed by atoms with Crippen molar-refractivity contribution in [1.82, 2.24) is 9.55 Å². The molecule has 2 N–H and O–H groups in total. The molecule has 7 nitrogen and oxygen atoms in total. The molecule has 1 aromatic rings. The summed E-state index contributed by atoms with van der Waals surface area (Å²) >= 11 is 5.92. The minimum atomic E-state index is -0.708. The number of rotatable bonds is 1. The molecule has 0 aromatic carbocycles. The Morgan fingerprint density at radius 3 is 2.75 bits per heavy atom. The van der Waals surface area contributed by atoms with Crippen molar-refractivity contribution in [3.63, 3.8) is 0 Å². The minimum Gasteiger partial charge on any atom is -0.382 e. The lowest BCUT2D eigenvalue weighted by atomic mass is 10.1. The van der Waals surface area contributed by atoms with E-state index in [2.05, 4.69) is 4.98 Å². The summed E-state index contributed by atoms with van der Waals surface area (Å²) in [6, 6.07) is 0. The highest BCUT2D eigenvalue weighted by molar-refractivity contribution is 6.32. The maximum Gasteiger partial charge on any atom is 0.351 e. The fraction of sp³-hybridized carbons (Fsp3) is 0.667. The third-order valence-corrected chi connectivity index (χ3v) is 3.76. The fourth-order valence-corrected chi connectivity index (χ4v) is 2.79. The van der Waals surface area contributed by atoms with E-state index in [0.717, 1.165) is 0 Å². The van der Waals surface area contributed by atoms with Crippen LogP contribution < -0.4 is 11.4 Å². The van der Waals surface area contributed by atoms with E-state index in [1.807, 2.05) is 20.8 Å². The molecule has 3 heterocycles. The fourth-order valence-electron chi connectivity index (χ4n) is 2.64. The number of nitrogen functional groups attached to an aromatic ring is 1. The number of nitrogens with two attached hydrogens (primary N) is 1. The summed E-state index contributed by atoms with van der Waals surface area (Å²) in [5.41, 5.74) is 4.98. The monoisotopic (exact) mass is 301 g/mol. The van der Waals surface area contributed by atoms with Crippen molar-refractivity contribution in [3.05, 3.63) is 21.7 Å². The van der Waals surface area contributed by atoms with E-state index >= 15 is 0 Å². The molecule has 0 aliphatic carbocycles. The van der Waals surface area contributed by atoms with Gasteiger partial charge in [-0.15, -0.1) is 0 Å². The van der Waals surface area contributed by atoms with Gasteiger partial charge in [0, 0.05) is 6.20 Å². The Hall–Kier alpha value is -1.15. The molecule has 20 heavy (non-hydrogen) atoms. The lowest BCUT2D eigenvalue weighted by molar-refractivity contribution is -0.195. The number of anilines is 1. The number of ether oxygens (including phenoxy) is 3. The summed E-state index contributed by atoms with van der Waals surface area (Å²) in [7, 11) is 0. The van der Waals surface area contributed by atoms with Crippen LogP contribution in [0.25, 0.3) is 0 Å². The smallest absolute Gasteiger partial charge is 0.351 e. The number of hydrogen-bond acceptors (Lipinski definition) is 6. The molecule has 8 heteroatoms. The number of hydrogen-bond donors (Lipinski definition) is 1. The summed E-state index contributed by atoms with van der Waals surface area (Å²) in [4.78, 5) is 15.6. The standard InChI is InChI=1S/C12H16ClN3O4/c1-5-7-8(20-12(2,3)19-7)10(18-5)16-4-6(13)9(14)15-11(16)17/h4-5,7-8,10H,1-3H3,(H2,14,15,17)/t5-,7-,8-,10-/m1/s1. The molecular formula is C12H16ClN3O4. The molecule has 0 radical (unpaired) electrons. The average molecular weight is 302 g/mol. The molecule has 4 atom stereocenters. The first-order valence-corrected chi connectivity index (χ1v) is 6.71. The largest absolute Gasteiger partial charge is 0.382 e. The summed E-state index contributed by atoms with van der Waals surface area (Å²) in [6.45, 7) is 5.53. The Kier molecular flexibility index (Phi) is 3.06. The quantitative estimate of drug-likeness (QED) is 0.829. The van der Waals surface area contributed by atoms with Crippen LogP contribution >= 0.6 is 11.6 Å². The Morgan fingerprint density at radius 2 is 2.05 bits per heavy atom. The van der Waals surface area contributed by atoms with Gasteiger partial charge in [-0.3, -0.25) is 4.57 Å². The highest BCUT2D eigenvalue weighted by atomic mass is 35.5. The first-order valence-electron chi connectivity index (χ1n) is 6.34. The van der Waals surface area contributed by atoms with Crippen LogP contribution in [0.15, 0.2) is 11.0 Å². The highest BCUT2D eigenvalue weighted by Crippen LogP contribution is 2.42. The molecule has 0 saturated carbocycles. The van der Waals surface area contributed by atoms with Gasteiger partial charge in [-0.25, -0.2) is 4.79 Å². The van der Waals surface area contributed by atoms with Gasteiger partial charge in [-0.1, -0.05) is 11.6 Å². The van der Waals surface area contributed by atoms with E-state index in [4.69, 9.17) is 31.5 Å². The molecule has 0 spiro atoms. The third-order valence-electron chi connectivity index (χ3n) is 3.47. The minimum absolute atomic E-state index is 0.000526. The van der Waals surface area contributed by atoms with Crippen LogP contribution in [0.1, 0.15) is 27.0 Å². The number of nitrogens with zero attached hydrogens (tertiary/aromatic N) is 2. The van der Waals surface area contributed by atoms with E-state index in [0.29, 0.717) is 0 Å². The van der Waals surface area contributed by atoms with Gasteiger partial charge in [0.2, 0.25) is 0 Å². The van der Waals surface area contributed by atoms with Gasteiger partial charge in [0.15, 0.2) is 12.0 Å². The summed E-state index contributed by atoms with van der Waals surface area (Å²) < 4.78 is 18.7. The van der Waals surface area contributed by atoms with Gasteiger partial charge < -0.3 is 19.9 Å². The van der Waals surface area contributed by atoms with Gasteiger partial charge >= 0.3 is 5.69 Å². The molecular weight excluding hydrogens is 286 g/mol. The SMILES string of the molecule is C[C@H]1O[C@@H](n2cc(Cl)c(N)nc2=O)[C@@H]2OC(C)(C)O[C@@H]21. The van der Waals surface area contributed by atoms with Crippen molar-refractivity contribution in [2.75, 3.05) is 5.73 Å². The van der Waals surface area contributed by atoms with Crippen LogP contribution in [0.5, 0.6) is 0 Å². The van der Waals surface area contributed by atoms with Crippen molar-refractivity contribution in [2.45, 2.75) is 51.1 Å². The van der Waals surface area contributed by atoms with Crippen LogP contribution in [-0.4, -0.2) is 33.7 Å². The molecule has 2 fully saturated rings. The molecule has 110 valence electrons. The normalized spacial score (nSPS) is 35.2. The van der Waals surface area contributed by atoms with Crippen molar-refractivity contribution in [1.29, 1.82) is 0 Å². The van der Waals surface area contributed by atoms with Gasteiger partial charge in [0.1, 0.15) is 18.0 Å². The van der Waals surface area contributed by atoms with E-state index < -0.39 is 17.7 Å². The Bertz CT molecular complexity index is 603. The van der Waals surface area contributed by atoms with Crippen molar-refractivity contribution in [2.24, 2.45) is 0 Å². The average Bonchev–Trinajstić information content (AvgIpc) is 2.80. The summed E-state index contributed by atoms with van der Waals surface area (Å²) in [5, 5.41) is 0.197. The van der Waals surface area contributed by atoms with Crippen molar-refractivity contribution >= 4 is 17.4 Å². The molecule has 0 unspecified atom stereocenters. The van der Waals surface area contributed by atoms with Crippen LogP contribution in [0.4, 0.5) is 5.82 Å². The molecule has 0 bridgehead atoms. The molecule has 2 saturated heterocycles. The molecule has 0 amide bonds. The Balaban J connectivity index is 1.99. The molecule has 3 rings (SSSR count). The highest BCUT2D eigenvalue weighted by Gasteiger charge is 2.54. The topological polar surface area (TPSA) is 88.6 Å². The summed E-state index contributed by atoms with van der Waals surface area (Å²) in [5.74, 6) is -0.709. The molecule has 2 aliphatic heterocycles. The second kappa shape index (κ2) is 4.42. The predicted molar refractivity (Wildman–Crippen MR) is 71.3 cm³/mol. The van der Waals surface area contributed by atoms with Gasteiger partial charge in [-0.2, -0.15) is 4.98 Å². The van der Waals surface area contributed by atoms with E-state index in [1.54, 1.807) is 0 Å². The van der Waals surface area contributed by atoms with E-state index in [-0.39, 0.29) is 29.2 Å². The van der Waals surface area contributed by atoms with Crippen LogP contribution in [-0.2, 0) is 14.2 Å². The molecule has 2 aliphatic rings. The maximum absolute atomic E-state index is 12.0. The predicted octanol–water partition coefficient (Wildman–Crippen LogP) is 0.916. The zero-order chi connectivity index (χ0) is 14.7. The lowest BCUT2D eigenvalue weighted by Crippen LogP contribution is -2.35. The van der Waals surface area contributed by atoms with E-state index in [9.17, 15) is 4.79 Å². The zero-order valence-corrected chi connectivity index (χ0v) is 12.1. The number of fused-ring (bicyclic) bond motifs is 1. The second-order valence-electron chi connectivity index (χ2n) is 5.46.